The Morgan fingerprint density at radius 3 is 2.56 bits per heavy atom. The van der Waals surface area contributed by atoms with E-state index in [1.807, 2.05) is 0 Å². The fourth-order valence-corrected chi connectivity index (χ4v) is 0.871. The van der Waals surface area contributed by atoms with Crippen molar-refractivity contribution < 1.29 is 31.8 Å². The Morgan fingerprint density at radius 2 is 2.06 bits per heavy atom. The number of pyridine rings is 1. The van der Waals surface area contributed by atoms with Crippen LogP contribution in [0.25, 0.3) is 0 Å². The van der Waals surface area contributed by atoms with Crippen molar-refractivity contribution in [3.8, 4) is 5.75 Å². The van der Waals surface area contributed by atoms with Crippen molar-refractivity contribution in [1.29, 1.82) is 0 Å². The number of rotatable bonds is 2. The molecule has 16 heavy (non-hydrogen) atoms. The van der Waals surface area contributed by atoms with Gasteiger partial charge in [-0.1, -0.05) is 0 Å². The molecule has 1 heterocycles. The van der Waals surface area contributed by atoms with Crippen LogP contribution in [0.2, 0.25) is 0 Å². The van der Waals surface area contributed by atoms with Crippen molar-refractivity contribution in [2.24, 2.45) is 0 Å². The van der Waals surface area contributed by atoms with E-state index in [2.05, 4.69) is 14.5 Å². The molecule has 0 atom stereocenters. The zero-order valence-electron chi connectivity index (χ0n) is 7.84. The summed E-state index contributed by atoms with van der Waals surface area (Å²) in [6, 6.07) is 0.557. The quantitative estimate of drug-likeness (QED) is 0.449. The second kappa shape index (κ2) is 4.33. The van der Waals surface area contributed by atoms with Crippen LogP contribution < -0.4 is 4.74 Å². The Labute approximate surface area is 86.8 Å². The molecule has 0 aliphatic carbocycles. The molecule has 4 nitrogen and oxygen atoms in total. The van der Waals surface area contributed by atoms with Gasteiger partial charge in [0.25, 0.3) is 0 Å². The Morgan fingerprint density at radius 1 is 1.44 bits per heavy atom. The number of carbonyl (C=O) groups is 1. The van der Waals surface area contributed by atoms with E-state index in [4.69, 9.17) is 0 Å². The van der Waals surface area contributed by atoms with Gasteiger partial charge in [-0.2, -0.15) is 4.39 Å². The van der Waals surface area contributed by atoms with Crippen LogP contribution in [-0.4, -0.2) is 24.4 Å². The van der Waals surface area contributed by atoms with Gasteiger partial charge in [0.2, 0.25) is 5.95 Å². The molecule has 0 fully saturated rings. The molecular weight excluding hydrogens is 234 g/mol. The first-order valence-electron chi connectivity index (χ1n) is 3.83. The molecule has 0 amide bonds. The smallest absolute Gasteiger partial charge is 0.465 e. The number of nitrogens with zero attached hydrogens (tertiary/aromatic N) is 1. The summed E-state index contributed by atoms with van der Waals surface area (Å²) in [5.74, 6) is -3.17. The Kier molecular flexibility index (Phi) is 3.31. The molecule has 0 saturated carbocycles. The number of hydrogen-bond acceptors (Lipinski definition) is 4. The summed E-state index contributed by atoms with van der Waals surface area (Å²) in [6.45, 7) is 0. The maximum absolute atomic E-state index is 12.9. The second-order valence-electron chi connectivity index (χ2n) is 2.55. The zero-order valence-corrected chi connectivity index (χ0v) is 7.84. The minimum atomic E-state index is -4.94. The summed E-state index contributed by atoms with van der Waals surface area (Å²) < 4.78 is 55.9. The average molecular weight is 239 g/mol. The van der Waals surface area contributed by atoms with Crippen LogP contribution in [0.4, 0.5) is 17.6 Å². The van der Waals surface area contributed by atoms with Gasteiger partial charge in [0.1, 0.15) is 11.3 Å². The highest BCUT2D eigenvalue weighted by molar-refractivity contribution is 5.89. The number of methoxy groups -OCH3 is 1. The number of halogens is 4. The standard InChI is InChI=1S/C8H5F4NO3/c1-15-7(14)5-2-4(3-13-6(5)9)16-8(10,11)12/h2-3H,1H3. The van der Waals surface area contributed by atoms with E-state index in [0.29, 0.717) is 12.3 Å². The van der Waals surface area contributed by atoms with Gasteiger partial charge in [-0.15, -0.1) is 13.2 Å². The van der Waals surface area contributed by atoms with Crippen LogP contribution in [0.5, 0.6) is 5.75 Å². The van der Waals surface area contributed by atoms with Gasteiger partial charge in [0.15, 0.2) is 0 Å². The third-order valence-electron chi connectivity index (χ3n) is 1.45. The number of aromatic nitrogens is 1. The SMILES string of the molecule is COC(=O)c1cc(OC(F)(F)F)cnc1F. The van der Waals surface area contributed by atoms with Gasteiger partial charge in [-0.05, 0) is 0 Å². The van der Waals surface area contributed by atoms with Crippen LogP contribution in [0.15, 0.2) is 12.3 Å². The number of hydrogen-bond donors (Lipinski definition) is 0. The molecule has 0 aliphatic rings. The summed E-state index contributed by atoms with van der Waals surface area (Å²) in [4.78, 5) is 13.9. The number of ether oxygens (including phenoxy) is 2. The maximum atomic E-state index is 12.9. The lowest BCUT2D eigenvalue weighted by molar-refractivity contribution is -0.274. The minimum Gasteiger partial charge on any atom is -0.465 e. The molecule has 1 aromatic heterocycles. The number of esters is 1. The highest BCUT2D eigenvalue weighted by atomic mass is 19.4. The molecule has 8 heteroatoms. The van der Waals surface area contributed by atoms with Gasteiger partial charge < -0.3 is 9.47 Å². The van der Waals surface area contributed by atoms with Gasteiger partial charge in [0.05, 0.1) is 13.3 Å². The predicted molar refractivity (Wildman–Crippen MR) is 42.2 cm³/mol. The first kappa shape index (κ1) is 12.2. The third kappa shape index (κ3) is 3.07. The first-order chi connectivity index (χ1) is 7.33. The molecule has 0 bridgehead atoms. The maximum Gasteiger partial charge on any atom is 0.573 e. The molecule has 1 aromatic rings. The number of alkyl halides is 3. The number of carbonyl (C=O) groups excluding carboxylic acids is 1. The van der Waals surface area contributed by atoms with E-state index >= 15 is 0 Å². The average Bonchev–Trinajstić information content (AvgIpc) is 2.18. The summed E-state index contributed by atoms with van der Waals surface area (Å²) in [5, 5.41) is 0. The molecule has 1 rings (SSSR count). The molecule has 0 spiro atoms. The van der Waals surface area contributed by atoms with Gasteiger partial charge in [0, 0.05) is 6.07 Å². The van der Waals surface area contributed by atoms with Crippen LogP contribution in [-0.2, 0) is 4.74 Å². The van der Waals surface area contributed by atoms with Gasteiger partial charge in [-0.25, -0.2) is 9.78 Å². The van der Waals surface area contributed by atoms with Gasteiger partial charge in [-0.3, -0.25) is 0 Å². The summed E-state index contributed by atoms with van der Waals surface area (Å²) >= 11 is 0. The largest absolute Gasteiger partial charge is 0.573 e. The van der Waals surface area contributed by atoms with Crippen molar-refractivity contribution in [3.05, 3.63) is 23.8 Å². The fourth-order valence-electron chi connectivity index (χ4n) is 0.871. The topological polar surface area (TPSA) is 48.4 Å². The van der Waals surface area contributed by atoms with E-state index in [1.165, 1.54) is 0 Å². The molecule has 0 aromatic carbocycles. The van der Waals surface area contributed by atoms with E-state index in [9.17, 15) is 22.4 Å². The van der Waals surface area contributed by atoms with E-state index in [1.54, 1.807) is 0 Å². The molecule has 0 unspecified atom stereocenters. The highest BCUT2D eigenvalue weighted by Gasteiger charge is 2.32. The predicted octanol–water partition coefficient (Wildman–Crippen LogP) is 1.91. The van der Waals surface area contributed by atoms with Crippen LogP contribution >= 0.6 is 0 Å². The molecule has 0 aliphatic heterocycles. The lowest BCUT2D eigenvalue weighted by atomic mass is 10.3. The molecule has 0 saturated heterocycles. The van der Waals surface area contributed by atoms with E-state index in [-0.39, 0.29) is 0 Å². The lowest BCUT2D eigenvalue weighted by Gasteiger charge is -2.09. The molecule has 88 valence electrons. The zero-order chi connectivity index (χ0) is 12.3. The Hall–Kier alpha value is -1.86. The summed E-state index contributed by atoms with van der Waals surface area (Å²) in [6.07, 6.45) is -4.43. The Balaban J connectivity index is 3.03. The van der Waals surface area contributed by atoms with Crippen LogP contribution in [0.3, 0.4) is 0 Å². The molecule has 0 radical (unpaired) electrons. The first-order valence-corrected chi connectivity index (χ1v) is 3.83. The minimum absolute atomic E-state index is 0.509. The Bertz CT molecular complexity index is 405. The van der Waals surface area contributed by atoms with Crippen molar-refractivity contribution >= 4 is 5.97 Å². The molecular formula is C8H5F4NO3. The second-order valence-corrected chi connectivity index (χ2v) is 2.55. The fraction of sp³-hybridized carbons (Fsp3) is 0.250. The normalized spacial score (nSPS) is 11.1. The lowest BCUT2D eigenvalue weighted by Crippen LogP contribution is -2.18. The van der Waals surface area contributed by atoms with Crippen LogP contribution in [0, 0.1) is 5.95 Å². The van der Waals surface area contributed by atoms with Crippen molar-refractivity contribution in [2.75, 3.05) is 7.11 Å². The molecule has 0 N–H and O–H groups in total. The third-order valence-corrected chi connectivity index (χ3v) is 1.45. The summed E-state index contributed by atoms with van der Waals surface area (Å²) in [5.41, 5.74) is -0.732. The monoisotopic (exact) mass is 239 g/mol. The van der Waals surface area contributed by atoms with Crippen molar-refractivity contribution in [1.82, 2.24) is 4.98 Å². The van der Waals surface area contributed by atoms with Crippen LogP contribution in [0.1, 0.15) is 10.4 Å². The van der Waals surface area contributed by atoms with E-state index in [0.717, 1.165) is 7.11 Å². The van der Waals surface area contributed by atoms with Crippen molar-refractivity contribution in [3.63, 3.8) is 0 Å². The summed E-state index contributed by atoms with van der Waals surface area (Å²) in [7, 11) is 0.957. The van der Waals surface area contributed by atoms with Crippen molar-refractivity contribution in [2.45, 2.75) is 6.36 Å². The van der Waals surface area contributed by atoms with Gasteiger partial charge >= 0.3 is 12.3 Å². The highest BCUT2D eigenvalue weighted by Crippen LogP contribution is 2.23. The van der Waals surface area contributed by atoms with E-state index < -0.39 is 29.6 Å².